The first-order chi connectivity index (χ1) is 14.3. The van der Waals surface area contributed by atoms with Crippen molar-refractivity contribution in [3.05, 3.63) is 24.3 Å². The van der Waals surface area contributed by atoms with E-state index in [1.165, 1.54) is 32.1 Å². The van der Waals surface area contributed by atoms with Crippen LogP contribution in [0.4, 0.5) is 0 Å². The number of nitrogens with one attached hydrogen (secondary N) is 1. The first kappa shape index (κ1) is 19.0. The van der Waals surface area contributed by atoms with Crippen LogP contribution in [-0.2, 0) is 9.47 Å². The summed E-state index contributed by atoms with van der Waals surface area (Å²) in [5, 5.41) is 16.2. The maximum Gasteiger partial charge on any atom is 0.182 e. The maximum atomic E-state index is 6.17. The van der Waals surface area contributed by atoms with Gasteiger partial charge in [0.15, 0.2) is 5.82 Å². The quantitative estimate of drug-likeness (QED) is 0.797. The van der Waals surface area contributed by atoms with Gasteiger partial charge in [-0.2, -0.15) is 0 Å². The number of rotatable bonds is 6. The molecule has 3 fully saturated rings. The van der Waals surface area contributed by atoms with Crippen molar-refractivity contribution in [1.29, 1.82) is 0 Å². The minimum Gasteiger partial charge on any atom is -0.497 e. The highest BCUT2D eigenvalue weighted by Crippen LogP contribution is 2.36. The summed E-state index contributed by atoms with van der Waals surface area (Å²) < 4.78 is 19.5. The average molecular weight is 399 g/mol. The molecule has 0 spiro atoms. The third-order valence-corrected chi connectivity index (χ3v) is 6.56. The van der Waals surface area contributed by atoms with Crippen LogP contribution in [0.3, 0.4) is 0 Å². The summed E-state index contributed by atoms with van der Waals surface area (Å²) in [6.45, 7) is 2.29. The van der Waals surface area contributed by atoms with Gasteiger partial charge < -0.3 is 19.5 Å². The van der Waals surface area contributed by atoms with Crippen LogP contribution in [0.5, 0.6) is 5.75 Å². The van der Waals surface area contributed by atoms with E-state index in [4.69, 9.17) is 14.2 Å². The fourth-order valence-corrected chi connectivity index (χ4v) is 4.94. The second-order valence-electron chi connectivity index (χ2n) is 8.36. The van der Waals surface area contributed by atoms with E-state index in [2.05, 4.69) is 20.8 Å². The van der Waals surface area contributed by atoms with Crippen LogP contribution in [0.15, 0.2) is 24.3 Å². The lowest BCUT2D eigenvalue weighted by molar-refractivity contribution is 0.0620. The molecule has 1 aromatic heterocycles. The largest absolute Gasteiger partial charge is 0.497 e. The Bertz CT molecular complexity index is 822. The van der Waals surface area contributed by atoms with Gasteiger partial charge in [-0.05, 0) is 47.9 Å². The van der Waals surface area contributed by atoms with E-state index in [0.717, 1.165) is 23.8 Å². The first-order valence-electron chi connectivity index (χ1n) is 10.7. The molecule has 4 atom stereocenters. The van der Waals surface area contributed by atoms with Gasteiger partial charge in [-0.25, -0.2) is 4.68 Å². The molecular formula is C21H29N5O3. The van der Waals surface area contributed by atoms with Gasteiger partial charge in [0.25, 0.3) is 0 Å². The highest BCUT2D eigenvalue weighted by atomic mass is 16.6. The molecule has 3 heterocycles. The van der Waals surface area contributed by atoms with Crippen molar-refractivity contribution >= 4 is 0 Å². The number of nitrogens with zero attached hydrogens (tertiary/aromatic N) is 4. The molecule has 1 saturated carbocycles. The molecule has 1 aliphatic carbocycles. The summed E-state index contributed by atoms with van der Waals surface area (Å²) in [4.78, 5) is 0. The van der Waals surface area contributed by atoms with Gasteiger partial charge in [-0.15, -0.1) is 5.10 Å². The van der Waals surface area contributed by atoms with Crippen LogP contribution >= 0.6 is 0 Å². The van der Waals surface area contributed by atoms with E-state index < -0.39 is 0 Å². The highest BCUT2D eigenvalue weighted by molar-refractivity contribution is 5.57. The predicted molar refractivity (Wildman–Crippen MR) is 107 cm³/mol. The fraction of sp³-hybridized carbons (Fsp3) is 0.667. The lowest BCUT2D eigenvalue weighted by Gasteiger charge is -2.25. The predicted octanol–water partition coefficient (Wildman–Crippen LogP) is 2.23. The number of hydrogen-bond acceptors (Lipinski definition) is 7. The van der Waals surface area contributed by atoms with Crippen molar-refractivity contribution < 1.29 is 14.2 Å². The van der Waals surface area contributed by atoms with Crippen LogP contribution in [0, 0.1) is 5.92 Å². The summed E-state index contributed by atoms with van der Waals surface area (Å²) in [5.41, 5.74) is 0.919. The molecule has 2 aromatic rings. The van der Waals surface area contributed by atoms with Crippen LogP contribution in [0.25, 0.3) is 11.4 Å². The van der Waals surface area contributed by atoms with Gasteiger partial charge >= 0.3 is 0 Å². The van der Waals surface area contributed by atoms with Crippen molar-refractivity contribution in [1.82, 2.24) is 25.5 Å². The molecule has 1 N–H and O–H groups in total. The van der Waals surface area contributed by atoms with E-state index in [1.54, 1.807) is 7.11 Å². The van der Waals surface area contributed by atoms with E-state index in [-0.39, 0.29) is 24.3 Å². The molecule has 0 radical (unpaired) electrons. The Balaban J connectivity index is 1.28. The lowest BCUT2D eigenvalue weighted by Crippen LogP contribution is -2.43. The molecule has 1 aromatic carbocycles. The number of tetrazole rings is 1. The highest BCUT2D eigenvalue weighted by Gasteiger charge is 2.49. The second kappa shape index (κ2) is 8.38. The molecule has 8 nitrogen and oxygen atoms in total. The molecule has 2 aliphatic heterocycles. The number of hydrogen-bond donors (Lipinski definition) is 1. The molecule has 5 rings (SSSR count). The third kappa shape index (κ3) is 3.76. The van der Waals surface area contributed by atoms with E-state index in [1.807, 2.05) is 28.9 Å². The standard InChI is InChI=1S/C21H29N5O3/c1-27-16-9-5-8-15(10-16)21-23-24-25-26(21)18-13-29-19-17(12-28-20(18)19)22-11-14-6-3-2-4-7-14/h5,8-10,14,17-20,22H,2-4,6-7,11-13H2,1H3/t17-,18-,19+,20+/m0/s1. The first-order valence-corrected chi connectivity index (χ1v) is 10.7. The van der Waals surface area contributed by atoms with Gasteiger partial charge in [0, 0.05) is 5.56 Å². The van der Waals surface area contributed by atoms with Crippen LogP contribution in [0.1, 0.15) is 38.1 Å². The SMILES string of the molecule is COc1cccc(-c2nnnn2[C@H]2CO[C@H]3[C@@H]2OC[C@@H]3NCC2CCCCC2)c1. The van der Waals surface area contributed by atoms with Crippen molar-refractivity contribution in [2.24, 2.45) is 5.92 Å². The summed E-state index contributed by atoms with van der Waals surface area (Å²) in [7, 11) is 1.66. The van der Waals surface area contributed by atoms with Gasteiger partial charge in [-0.3, -0.25) is 0 Å². The zero-order valence-corrected chi connectivity index (χ0v) is 16.9. The molecule has 29 heavy (non-hydrogen) atoms. The molecule has 2 saturated heterocycles. The average Bonchev–Trinajstić information content (AvgIpc) is 3.49. The zero-order chi connectivity index (χ0) is 19.6. The summed E-state index contributed by atoms with van der Waals surface area (Å²) in [6, 6.07) is 8.00. The molecule has 8 heteroatoms. The minimum atomic E-state index is -0.0355. The summed E-state index contributed by atoms with van der Waals surface area (Å²) in [5.74, 6) is 2.28. The molecule has 0 amide bonds. The lowest BCUT2D eigenvalue weighted by atomic mass is 9.89. The monoisotopic (exact) mass is 399 g/mol. The van der Waals surface area contributed by atoms with E-state index in [9.17, 15) is 0 Å². The molecular weight excluding hydrogens is 370 g/mol. The Morgan fingerprint density at radius 2 is 2.00 bits per heavy atom. The Morgan fingerprint density at radius 3 is 2.86 bits per heavy atom. The number of methoxy groups -OCH3 is 1. The Morgan fingerprint density at radius 1 is 1.14 bits per heavy atom. The number of fused-ring (bicyclic) bond motifs is 1. The van der Waals surface area contributed by atoms with Gasteiger partial charge in [0.1, 0.15) is 24.0 Å². The molecule has 3 aliphatic rings. The van der Waals surface area contributed by atoms with Gasteiger partial charge in [0.05, 0.1) is 26.4 Å². The second-order valence-corrected chi connectivity index (χ2v) is 8.36. The van der Waals surface area contributed by atoms with Crippen molar-refractivity contribution in [3.63, 3.8) is 0 Å². The minimum absolute atomic E-state index is 0.0299. The van der Waals surface area contributed by atoms with Crippen molar-refractivity contribution in [3.8, 4) is 17.1 Å². The molecule has 0 bridgehead atoms. The number of ether oxygens (including phenoxy) is 3. The topological polar surface area (TPSA) is 83.3 Å². The Hall–Kier alpha value is -2.03. The molecule has 156 valence electrons. The van der Waals surface area contributed by atoms with Crippen molar-refractivity contribution in [2.75, 3.05) is 26.9 Å². The van der Waals surface area contributed by atoms with Crippen LogP contribution in [-0.4, -0.2) is 65.3 Å². The number of aromatic nitrogens is 4. The number of benzene rings is 1. The van der Waals surface area contributed by atoms with E-state index >= 15 is 0 Å². The summed E-state index contributed by atoms with van der Waals surface area (Å²) in [6.07, 6.45) is 6.81. The fourth-order valence-electron chi connectivity index (χ4n) is 4.94. The van der Waals surface area contributed by atoms with Crippen LogP contribution < -0.4 is 10.1 Å². The molecule has 0 unspecified atom stereocenters. The van der Waals surface area contributed by atoms with Crippen molar-refractivity contribution in [2.45, 2.75) is 56.4 Å². The third-order valence-electron chi connectivity index (χ3n) is 6.56. The van der Waals surface area contributed by atoms with E-state index in [0.29, 0.717) is 19.0 Å². The maximum absolute atomic E-state index is 6.17. The zero-order valence-electron chi connectivity index (χ0n) is 16.9. The smallest absolute Gasteiger partial charge is 0.182 e. The normalized spacial score (nSPS) is 29.8. The van der Waals surface area contributed by atoms with Gasteiger partial charge in [0.2, 0.25) is 0 Å². The Kier molecular flexibility index (Phi) is 5.48. The van der Waals surface area contributed by atoms with Crippen LogP contribution in [0.2, 0.25) is 0 Å². The Labute approximate surface area is 170 Å². The van der Waals surface area contributed by atoms with Gasteiger partial charge in [-0.1, -0.05) is 31.4 Å². The summed E-state index contributed by atoms with van der Waals surface area (Å²) >= 11 is 0.